The highest BCUT2D eigenvalue weighted by Gasteiger charge is 2.23. The van der Waals surface area contributed by atoms with Crippen molar-refractivity contribution in [3.63, 3.8) is 0 Å². The lowest BCUT2D eigenvalue weighted by Crippen LogP contribution is -2.31. The predicted octanol–water partition coefficient (Wildman–Crippen LogP) is 2.18. The minimum atomic E-state index is -4.04. The molecule has 0 fully saturated rings. The third-order valence-electron chi connectivity index (χ3n) is 3.70. The van der Waals surface area contributed by atoms with Crippen molar-refractivity contribution in [1.29, 1.82) is 0 Å². The molecule has 0 spiro atoms. The molecule has 2 heterocycles. The SMILES string of the molecule is C[C@H](NC(=O)COC(=O)c1sccc1S(N)(=O)=O)c1cc2ccccc2o1. The number of hydrogen-bond acceptors (Lipinski definition) is 7. The van der Waals surface area contributed by atoms with Crippen LogP contribution in [0.4, 0.5) is 0 Å². The Morgan fingerprint density at radius 3 is 2.74 bits per heavy atom. The highest BCUT2D eigenvalue weighted by Crippen LogP contribution is 2.24. The van der Waals surface area contributed by atoms with Gasteiger partial charge in [-0.3, -0.25) is 4.79 Å². The van der Waals surface area contributed by atoms with Crippen LogP contribution in [0.15, 0.2) is 51.1 Å². The van der Waals surface area contributed by atoms with Crippen molar-refractivity contribution in [2.45, 2.75) is 17.9 Å². The molecule has 142 valence electrons. The van der Waals surface area contributed by atoms with Crippen LogP contribution < -0.4 is 10.5 Å². The molecule has 1 aromatic carbocycles. The van der Waals surface area contributed by atoms with Gasteiger partial charge in [-0.1, -0.05) is 18.2 Å². The molecular formula is C17H16N2O6S2. The number of carbonyl (C=O) groups is 2. The van der Waals surface area contributed by atoms with E-state index in [-0.39, 0.29) is 9.77 Å². The van der Waals surface area contributed by atoms with Gasteiger partial charge in [0.15, 0.2) is 6.61 Å². The second-order valence-corrected chi connectivity index (χ2v) is 8.16. The number of primary sulfonamides is 1. The number of carbonyl (C=O) groups excluding carboxylic acids is 2. The van der Waals surface area contributed by atoms with Crippen molar-refractivity contribution in [2.24, 2.45) is 5.14 Å². The maximum absolute atomic E-state index is 12.0. The van der Waals surface area contributed by atoms with Crippen LogP contribution in [0.3, 0.4) is 0 Å². The van der Waals surface area contributed by atoms with Gasteiger partial charge in [0.1, 0.15) is 21.1 Å². The maximum atomic E-state index is 12.0. The number of benzene rings is 1. The summed E-state index contributed by atoms with van der Waals surface area (Å²) in [5.74, 6) is -0.920. The maximum Gasteiger partial charge on any atom is 0.350 e. The number of nitrogens with two attached hydrogens (primary N) is 1. The first kappa shape index (κ1) is 19.1. The Hall–Kier alpha value is -2.69. The van der Waals surface area contributed by atoms with Gasteiger partial charge in [0, 0.05) is 5.39 Å². The molecule has 8 nitrogen and oxygen atoms in total. The first-order valence-electron chi connectivity index (χ1n) is 7.81. The lowest BCUT2D eigenvalue weighted by molar-refractivity contribution is -0.125. The van der Waals surface area contributed by atoms with Gasteiger partial charge in [-0.2, -0.15) is 0 Å². The summed E-state index contributed by atoms with van der Waals surface area (Å²) in [7, 11) is -4.04. The summed E-state index contributed by atoms with van der Waals surface area (Å²) in [4.78, 5) is 23.6. The molecule has 0 saturated carbocycles. The van der Waals surface area contributed by atoms with E-state index in [0.717, 1.165) is 16.7 Å². The van der Waals surface area contributed by atoms with E-state index in [4.69, 9.17) is 14.3 Å². The Balaban J connectivity index is 1.59. The topological polar surface area (TPSA) is 129 Å². The fraction of sp³-hybridized carbons (Fsp3) is 0.176. The quantitative estimate of drug-likeness (QED) is 0.602. The summed E-state index contributed by atoms with van der Waals surface area (Å²) < 4.78 is 33.4. The van der Waals surface area contributed by atoms with Crippen molar-refractivity contribution in [3.05, 3.63) is 52.4 Å². The standard InChI is InChI=1S/C17H16N2O6S2/c1-10(13-8-11-4-2-3-5-12(11)25-13)19-15(20)9-24-17(21)16-14(6-7-26-16)27(18,22)23/h2-8,10H,9H2,1H3,(H,19,20)(H2,18,22,23)/t10-/m0/s1. The van der Waals surface area contributed by atoms with Crippen LogP contribution in [-0.4, -0.2) is 26.9 Å². The zero-order valence-corrected chi connectivity index (χ0v) is 15.8. The molecule has 0 bridgehead atoms. The number of ether oxygens (including phenoxy) is 1. The minimum Gasteiger partial charge on any atom is -0.459 e. The Labute approximate surface area is 159 Å². The van der Waals surface area contributed by atoms with Crippen molar-refractivity contribution in [2.75, 3.05) is 6.61 Å². The molecule has 0 saturated heterocycles. The van der Waals surface area contributed by atoms with E-state index in [1.165, 1.54) is 11.4 Å². The molecular weight excluding hydrogens is 392 g/mol. The Bertz CT molecular complexity index is 1070. The van der Waals surface area contributed by atoms with Gasteiger partial charge < -0.3 is 14.5 Å². The largest absolute Gasteiger partial charge is 0.459 e. The third kappa shape index (κ3) is 4.35. The predicted molar refractivity (Wildman–Crippen MR) is 98.7 cm³/mol. The summed E-state index contributed by atoms with van der Waals surface area (Å²) in [6, 6.07) is 10.0. The second-order valence-electron chi connectivity index (χ2n) is 5.71. The molecule has 3 N–H and O–H groups in total. The van der Waals surface area contributed by atoms with Crippen LogP contribution in [0.25, 0.3) is 11.0 Å². The van der Waals surface area contributed by atoms with Crippen LogP contribution >= 0.6 is 11.3 Å². The summed E-state index contributed by atoms with van der Waals surface area (Å²) in [5, 5.41) is 10.0. The van der Waals surface area contributed by atoms with Gasteiger partial charge in [-0.25, -0.2) is 18.4 Å². The summed E-state index contributed by atoms with van der Waals surface area (Å²) >= 11 is 0.869. The molecule has 3 rings (SSSR count). The zero-order valence-electron chi connectivity index (χ0n) is 14.2. The number of nitrogens with one attached hydrogen (secondary N) is 1. The number of thiophene rings is 1. The molecule has 0 aliphatic carbocycles. The van der Waals surface area contributed by atoms with E-state index in [1.807, 2.05) is 30.3 Å². The normalized spacial score (nSPS) is 12.7. The monoisotopic (exact) mass is 408 g/mol. The number of furan rings is 1. The van der Waals surface area contributed by atoms with E-state index in [9.17, 15) is 18.0 Å². The molecule has 1 atom stereocenters. The molecule has 10 heteroatoms. The smallest absolute Gasteiger partial charge is 0.350 e. The number of amides is 1. The van der Waals surface area contributed by atoms with Crippen molar-refractivity contribution >= 4 is 44.2 Å². The van der Waals surface area contributed by atoms with Crippen LogP contribution in [-0.2, 0) is 19.6 Å². The fourth-order valence-corrected chi connectivity index (χ4v) is 4.30. The zero-order chi connectivity index (χ0) is 19.6. The van der Waals surface area contributed by atoms with Gasteiger partial charge in [0.25, 0.3) is 5.91 Å². The van der Waals surface area contributed by atoms with E-state index in [2.05, 4.69) is 5.32 Å². The molecule has 0 aliphatic rings. The Morgan fingerprint density at radius 2 is 2.04 bits per heavy atom. The number of para-hydroxylation sites is 1. The number of sulfonamides is 1. The molecule has 2 aromatic heterocycles. The number of rotatable bonds is 6. The summed E-state index contributed by atoms with van der Waals surface area (Å²) in [6.45, 7) is 1.17. The van der Waals surface area contributed by atoms with E-state index < -0.39 is 34.5 Å². The first-order valence-corrected chi connectivity index (χ1v) is 10.2. The highest BCUT2D eigenvalue weighted by atomic mass is 32.2. The van der Waals surface area contributed by atoms with Gasteiger partial charge in [-0.05, 0) is 30.5 Å². The van der Waals surface area contributed by atoms with Gasteiger partial charge in [-0.15, -0.1) is 11.3 Å². The van der Waals surface area contributed by atoms with Crippen molar-refractivity contribution < 1.29 is 27.2 Å². The Kier molecular flexibility index (Phi) is 5.31. The lowest BCUT2D eigenvalue weighted by Gasteiger charge is -2.11. The number of fused-ring (bicyclic) bond motifs is 1. The van der Waals surface area contributed by atoms with Crippen molar-refractivity contribution in [1.82, 2.24) is 5.32 Å². The highest BCUT2D eigenvalue weighted by molar-refractivity contribution is 7.89. The van der Waals surface area contributed by atoms with Crippen LogP contribution in [0.1, 0.15) is 28.4 Å². The van der Waals surface area contributed by atoms with E-state index in [0.29, 0.717) is 11.3 Å². The average molecular weight is 408 g/mol. The number of hydrogen-bond donors (Lipinski definition) is 2. The van der Waals surface area contributed by atoms with Crippen LogP contribution in [0.5, 0.6) is 0 Å². The first-order chi connectivity index (χ1) is 12.8. The van der Waals surface area contributed by atoms with Crippen LogP contribution in [0.2, 0.25) is 0 Å². The van der Waals surface area contributed by atoms with Gasteiger partial charge in [0.2, 0.25) is 10.0 Å². The molecule has 1 amide bonds. The fourth-order valence-electron chi connectivity index (χ4n) is 2.44. The van der Waals surface area contributed by atoms with Gasteiger partial charge in [0.05, 0.1) is 6.04 Å². The Morgan fingerprint density at radius 1 is 1.30 bits per heavy atom. The second kappa shape index (κ2) is 7.51. The number of esters is 1. The molecule has 0 radical (unpaired) electrons. The summed E-state index contributed by atoms with van der Waals surface area (Å²) in [6.07, 6.45) is 0. The van der Waals surface area contributed by atoms with E-state index in [1.54, 1.807) is 6.92 Å². The van der Waals surface area contributed by atoms with Crippen molar-refractivity contribution in [3.8, 4) is 0 Å². The molecule has 27 heavy (non-hydrogen) atoms. The van der Waals surface area contributed by atoms with E-state index >= 15 is 0 Å². The van der Waals surface area contributed by atoms with Crippen LogP contribution in [0, 0.1) is 0 Å². The molecule has 0 unspecified atom stereocenters. The third-order valence-corrected chi connectivity index (χ3v) is 5.68. The average Bonchev–Trinajstić information content (AvgIpc) is 3.25. The molecule has 0 aliphatic heterocycles. The summed E-state index contributed by atoms with van der Waals surface area (Å²) in [5.41, 5.74) is 0.702. The van der Waals surface area contributed by atoms with Gasteiger partial charge >= 0.3 is 5.97 Å². The minimum absolute atomic E-state index is 0.171. The lowest BCUT2D eigenvalue weighted by atomic mass is 10.2. The molecule has 3 aromatic rings.